The number of hydrogen-bond acceptors (Lipinski definition) is 6. The minimum Gasteiger partial charge on any atom is -0.409 e. The molecule has 24 heavy (non-hydrogen) atoms. The first-order chi connectivity index (χ1) is 11.8. The number of pyridine rings is 2. The van der Waals surface area contributed by atoms with Gasteiger partial charge in [-0.25, -0.2) is 9.97 Å². The van der Waals surface area contributed by atoms with Gasteiger partial charge in [0.05, 0.1) is 11.1 Å². The van der Waals surface area contributed by atoms with Gasteiger partial charge in [-0.3, -0.25) is 9.78 Å². The lowest BCUT2D eigenvalue weighted by Gasteiger charge is -2.13. The molecule has 124 valence electrons. The Hall–Kier alpha value is -2.96. The molecular weight excluding hydrogens is 306 g/mol. The molecule has 1 N–H and O–H groups in total. The van der Waals surface area contributed by atoms with E-state index in [1.807, 2.05) is 12.1 Å². The van der Waals surface area contributed by atoms with Crippen molar-refractivity contribution in [3.8, 4) is 0 Å². The summed E-state index contributed by atoms with van der Waals surface area (Å²) in [5.41, 5.74) is 1.90. The summed E-state index contributed by atoms with van der Waals surface area (Å²) in [6.45, 7) is 3.09. The van der Waals surface area contributed by atoms with Gasteiger partial charge in [0.1, 0.15) is 12.9 Å². The highest BCUT2D eigenvalue weighted by molar-refractivity contribution is 5.87. The van der Waals surface area contributed by atoms with Gasteiger partial charge in [-0.15, -0.1) is 4.73 Å². The molecular formula is C17H19N5O2. The quantitative estimate of drug-likeness (QED) is 0.669. The molecule has 0 aliphatic carbocycles. The molecule has 0 bridgehead atoms. The van der Waals surface area contributed by atoms with E-state index in [1.165, 1.54) is 17.1 Å². The molecule has 0 unspecified atom stereocenters. The maximum atomic E-state index is 12.4. The van der Waals surface area contributed by atoms with Crippen LogP contribution in [-0.2, 0) is 6.54 Å². The third-order valence-electron chi connectivity index (χ3n) is 3.57. The van der Waals surface area contributed by atoms with Crippen molar-refractivity contribution in [1.82, 2.24) is 19.7 Å². The number of anilines is 1. The van der Waals surface area contributed by atoms with E-state index in [0.29, 0.717) is 24.5 Å². The van der Waals surface area contributed by atoms with Crippen molar-refractivity contribution < 1.29 is 4.84 Å². The van der Waals surface area contributed by atoms with Gasteiger partial charge in [0.25, 0.3) is 5.56 Å². The topological polar surface area (TPSA) is 81.9 Å². The summed E-state index contributed by atoms with van der Waals surface area (Å²) < 4.78 is 1.24. The van der Waals surface area contributed by atoms with Gasteiger partial charge < -0.3 is 10.2 Å². The first kappa shape index (κ1) is 15.9. The molecule has 7 nitrogen and oxygen atoms in total. The minimum atomic E-state index is -0.258. The second-order valence-corrected chi connectivity index (χ2v) is 5.35. The zero-order valence-electron chi connectivity index (χ0n) is 13.5. The van der Waals surface area contributed by atoms with Crippen molar-refractivity contribution in [3.05, 3.63) is 59.0 Å². The van der Waals surface area contributed by atoms with Crippen LogP contribution < -0.4 is 15.7 Å². The Bertz CT molecular complexity index is 864. The second kappa shape index (κ2) is 7.54. The fourth-order valence-corrected chi connectivity index (χ4v) is 2.31. The Morgan fingerprint density at radius 2 is 2.21 bits per heavy atom. The zero-order chi connectivity index (χ0) is 16.8. The van der Waals surface area contributed by atoms with Crippen LogP contribution >= 0.6 is 0 Å². The number of nitrogens with zero attached hydrogens (tertiary/aromatic N) is 4. The number of hydrogen-bond donors (Lipinski definition) is 1. The monoisotopic (exact) mass is 325 g/mol. The summed E-state index contributed by atoms with van der Waals surface area (Å²) in [6, 6.07) is 5.35. The summed E-state index contributed by atoms with van der Waals surface area (Å²) in [4.78, 5) is 30.3. The Morgan fingerprint density at radius 3 is 3.00 bits per heavy atom. The normalized spacial score (nSPS) is 10.7. The molecule has 0 atom stereocenters. The van der Waals surface area contributed by atoms with Gasteiger partial charge in [0.15, 0.2) is 5.65 Å². The third-order valence-corrected chi connectivity index (χ3v) is 3.57. The minimum absolute atomic E-state index is 0.258. The van der Waals surface area contributed by atoms with Gasteiger partial charge >= 0.3 is 0 Å². The van der Waals surface area contributed by atoms with Crippen LogP contribution in [0.4, 0.5) is 5.69 Å². The van der Waals surface area contributed by atoms with Gasteiger partial charge in [0, 0.05) is 31.2 Å². The van der Waals surface area contributed by atoms with Crippen molar-refractivity contribution in [1.29, 1.82) is 0 Å². The van der Waals surface area contributed by atoms with E-state index in [2.05, 4.69) is 27.2 Å². The second-order valence-electron chi connectivity index (χ2n) is 5.35. The van der Waals surface area contributed by atoms with Crippen molar-refractivity contribution in [2.24, 2.45) is 0 Å². The van der Waals surface area contributed by atoms with E-state index in [-0.39, 0.29) is 5.56 Å². The maximum absolute atomic E-state index is 12.4. The molecule has 3 aromatic rings. The van der Waals surface area contributed by atoms with Gasteiger partial charge in [-0.05, 0) is 18.1 Å². The van der Waals surface area contributed by atoms with Crippen LogP contribution in [0, 0.1) is 0 Å². The summed E-state index contributed by atoms with van der Waals surface area (Å²) >= 11 is 0. The molecule has 0 aliphatic heterocycles. The highest BCUT2D eigenvalue weighted by Crippen LogP contribution is 2.19. The predicted octanol–water partition coefficient (Wildman–Crippen LogP) is 2.03. The Balaban J connectivity index is 1.91. The highest BCUT2D eigenvalue weighted by atomic mass is 16.7. The molecule has 3 aromatic heterocycles. The van der Waals surface area contributed by atoms with E-state index >= 15 is 0 Å². The van der Waals surface area contributed by atoms with Crippen molar-refractivity contribution in [2.45, 2.75) is 26.3 Å². The van der Waals surface area contributed by atoms with E-state index in [4.69, 9.17) is 4.84 Å². The zero-order valence-corrected chi connectivity index (χ0v) is 13.5. The van der Waals surface area contributed by atoms with Crippen LogP contribution in [0.2, 0.25) is 0 Å². The Morgan fingerprint density at radius 1 is 1.29 bits per heavy atom. The number of rotatable bonds is 7. The van der Waals surface area contributed by atoms with Crippen LogP contribution in [0.15, 0.2) is 47.9 Å². The Kier molecular flexibility index (Phi) is 5.00. The summed E-state index contributed by atoms with van der Waals surface area (Å²) in [6.07, 6.45) is 8.45. The molecule has 7 heteroatoms. The lowest BCUT2D eigenvalue weighted by atomic mass is 10.2. The molecule has 0 fully saturated rings. The molecule has 0 saturated heterocycles. The molecule has 0 amide bonds. The third kappa shape index (κ3) is 3.51. The van der Waals surface area contributed by atoms with Crippen molar-refractivity contribution in [2.75, 3.05) is 11.9 Å². The van der Waals surface area contributed by atoms with Crippen LogP contribution in [0.3, 0.4) is 0 Å². The molecule has 0 radical (unpaired) electrons. The number of unbranched alkanes of at least 4 members (excludes halogenated alkanes) is 1. The summed E-state index contributed by atoms with van der Waals surface area (Å²) in [5.74, 6) is 0. The van der Waals surface area contributed by atoms with Gasteiger partial charge in [-0.2, -0.15) is 0 Å². The van der Waals surface area contributed by atoms with Crippen LogP contribution in [0.5, 0.6) is 0 Å². The van der Waals surface area contributed by atoms with Crippen LogP contribution in [0.25, 0.3) is 11.0 Å². The predicted molar refractivity (Wildman–Crippen MR) is 91.7 cm³/mol. The number of nitrogens with one attached hydrogen (secondary N) is 1. The van der Waals surface area contributed by atoms with E-state index in [9.17, 15) is 4.79 Å². The number of aromatic nitrogens is 4. The summed E-state index contributed by atoms with van der Waals surface area (Å²) in [7, 11) is 0. The lowest BCUT2D eigenvalue weighted by Crippen LogP contribution is -2.28. The standard InChI is InChI=1S/C17H19N5O2/c1-2-3-7-24-22-16(23)8-15(14-11-19-12-21-17(14)22)20-10-13-5-4-6-18-9-13/h4-6,8-9,11-12,20H,2-3,7,10H2,1H3. The fourth-order valence-electron chi connectivity index (χ4n) is 2.31. The first-order valence-corrected chi connectivity index (χ1v) is 7.91. The highest BCUT2D eigenvalue weighted by Gasteiger charge is 2.11. The molecule has 0 saturated carbocycles. The van der Waals surface area contributed by atoms with Gasteiger partial charge in [0.2, 0.25) is 0 Å². The van der Waals surface area contributed by atoms with Crippen LogP contribution in [0.1, 0.15) is 25.3 Å². The van der Waals surface area contributed by atoms with E-state index in [0.717, 1.165) is 23.8 Å². The van der Waals surface area contributed by atoms with Crippen LogP contribution in [-0.4, -0.2) is 26.3 Å². The molecule has 0 spiro atoms. The SMILES string of the molecule is CCCCOn1c(=O)cc(NCc2cccnc2)c2cncnc21. The smallest absolute Gasteiger partial charge is 0.287 e. The maximum Gasteiger partial charge on any atom is 0.287 e. The lowest BCUT2D eigenvalue weighted by molar-refractivity contribution is 0.108. The van der Waals surface area contributed by atoms with Crippen molar-refractivity contribution >= 4 is 16.7 Å². The molecule has 0 aliphatic rings. The first-order valence-electron chi connectivity index (χ1n) is 7.91. The fraction of sp³-hybridized carbons (Fsp3) is 0.294. The van der Waals surface area contributed by atoms with E-state index in [1.54, 1.807) is 18.6 Å². The average molecular weight is 325 g/mol. The summed E-state index contributed by atoms with van der Waals surface area (Å²) in [5, 5.41) is 3.98. The van der Waals surface area contributed by atoms with E-state index < -0.39 is 0 Å². The number of fused-ring (bicyclic) bond motifs is 1. The van der Waals surface area contributed by atoms with Crippen molar-refractivity contribution in [3.63, 3.8) is 0 Å². The average Bonchev–Trinajstić information content (AvgIpc) is 2.63. The molecule has 0 aromatic carbocycles. The molecule has 3 heterocycles. The van der Waals surface area contributed by atoms with Gasteiger partial charge in [-0.1, -0.05) is 19.4 Å². The molecule has 3 rings (SSSR count). The largest absolute Gasteiger partial charge is 0.409 e. The Labute approximate surface area is 139 Å².